The van der Waals surface area contributed by atoms with Crippen LogP contribution in [-0.2, 0) is 101 Å². The molecule has 16 rings (SSSR count). The van der Waals surface area contributed by atoms with Gasteiger partial charge in [-0.25, -0.2) is 12.7 Å². The molecule has 0 radical (unpaired) electrons. The Hall–Kier alpha value is -9.92. The van der Waals surface area contributed by atoms with Crippen LogP contribution in [0.25, 0.3) is 0 Å². The number of nitrogens with zero attached hydrogens (tertiary/aromatic N) is 12. The molecule has 4 fully saturated rings. The second-order valence-electron chi connectivity index (χ2n) is 34.6. The lowest BCUT2D eigenvalue weighted by Gasteiger charge is -2.33. The Kier molecular flexibility index (Phi) is 28.9. The molecule has 8 aliphatic heterocycles. The maximum atomic E-state index is 13.4. The van der Waals surface area contributed by atoms with E-state index in [2.05, 4.69) is 65.4 Å². The van der Waals surface area contributed by atoms with Gasteiger partial charge in [0.25, 0.3) is 23.6 Å². The highest BCUT2D eigenvalue weighted by Crippen LogP contribution is 2.45. The molecular weight excluding hydrogens is 1710 g/mol. The number of likely N-dealkylation sites (tertiary alicyclic amines) is 4. The molecule has 4 aromatic heterocycles. The Labute approximate surface area is 730 Å². The highest BCUT2D eigenvalue weighted by Gasteiger charge is 2.44. The van der Waals surface area contributed by atoms with Crippen molar-refractivity contribution in [1.82, 2.24) is 78.8 Å². The minimum Gasteiger partial charge on any atom is -0.337 e. The van der Waals surface area contributed by atoms with Gasteiger partial charge in [-0.3, -0.25) is 53.5 Å². The number of carbonyl (C=O) groups excluding carboxylic acids is 5. The van der Waals surface area contributed by atoms with Crippen LogP contribution in [0.4, 0.5) is 52.7 Å². The number of sulfonamides is 1. The summed E-state index contributed by atoms with van der Waals surface area (Å²) < 4.78 is 201. The molecule has 127 heavy (non-hydrogen) atoms. The summed E-state index contributed by atoms with van der Waals surface area (Å²) >= 11 is 0. The van der Waals surface area contributed by atoms with Gasteiger partial charge in [0.2, 0.25) is 15.9 Å². The second-order valence-corrected chi connectivity index (χ2v) is 39.7. The quantitative estimate of drug-likeness (QED) is 0.0583. The number of halogens is 12. The van der Waals surface area contributed by atoms with Gasteiger partial charge in [0.15, 0.2) is 22.8 Å². The number of aromatic nitrogens is 8. The highest BCUT2D eigenvalue weighted by molar-refractivity contribution is 7.98. The van der Waals surface area contributed by atoms with Crippen LogP contribution in [0, 0.1) is 5.92 Å². The first kappa shape index (κ1) is 94.7. The number of amides is 5. The minimum absolute atomic E-state index is 0.0688. The Bertz CT molecular complexity index is 5490. The monoisotopic (exact) mass is 1820 g/mol. The highest BCUT2D eigenvalue weighted by atomic mass is 32.2. The van der Waals surface area contributed by atoms with Gasteiger partial charge >= 0.3 is 24.7 Å². The van der Waals surface area contributed by atoms with E-state index in [1.54, 1.807) is 74.7 Å². The van der Waals surface area contributed by atoms with Crippen LogP contribution >= 0.6 is 0 Å². The van der Waals surface area contributed by atoms with Gasteiger partial charge in [-0.1, -0.05) is 93.6 Å². The number of benzene rings is 4. The molecule has 5 amide bonds. The molecule has 0 saturated carbocycles. The molecule has 4 aromatic carbocycles. The van der Waals surface area contributed by atoms with Gasteiger partial charge < -0.3 is 24.5 Å². The average Bonchev–Trinajstić information content (AvgIpc) is 1.69. The number of alkyl halides is 12. The molecule has 8 aromatic rings. The fourth-order valence-corrected chi connectivity index (χ4v) is 20.9. The number of hydrogen-bond donors (Lipinski definition) is 4. The van der Waals surface area contributed by atoms with Crippen molar-refractivity contribution >= 4 is 55.1 Å². The average molecular weight is 1820 g/mol. The lowest BCUT2D eigenvalue weighted by Crippen LogP contribution is -2.41. The smallest absolute Gasteiger partial charge is 0.337 e. The summed E-state index contributed by atoms with van der Waals surface area (Å²) in [4.78, 5) is 75.5. The van der Waals surface area contributed by atoms with Gasteiger partial charge in [0.05, 0.1) is 69.9 Å². The predicted molar refractivity (Wildman–Crippen MR) is 453 cm³/mol. The van der Waals surface area contributed by atoms with Crippen LogP contribution in [0.2, 0.25) is 0 Å². The number of carbonyl (C=O) groups is 5. The van der Waals surface area contributed by atoms with Crippen molar-refractivity contribution in [2.45, 2.75) is 211 Å². The van der Waals surface area contributed by atoms with Crippen molar-refractivity contribution in [3.05, 3.63) is 209 Å². The summed E-state index contributed by atoms with van der Waals surface area (Å²) in [6.07, 6.45) is -11.5. The zero-order chi connectivity index (χ0) is 91.6. The first-order chi connectivity index (χ1) is 60.0. The molecule has 38 heteroatoms. The zero-order valence-electron chi connectivity index (χ0n) is 72.0. The maximum Gasteiger partial charge on any atom is 0.416 e. The predicted octanol–water partition coefficient (Wildman–Crippen LogP) is 15.2. The molecule has 1 unspecified atom stereocenters. The van der Waals surface area contributed by atoms with Crippen molar-refractivity contribution in [1.29, 1.82) is 0 Å². The maximum absolute atomic E-state index is 13.4. The van der Waals surface area contributed by atoms with Crippen molar-refractivity contribution < 1.29 is 89.3 Å². The summed E-state index contributed by atoms with van der Waals surface area (Å²) in [6, 6.07) is 23.2. The van der Waals surface area contributed by atoms with Gasteiger partial charge in [-0.2, -0.15) is 77.4 Å². The van der Waals surface area contributed by atoms with Gasteiger partial charge in [-0.05, 0) is 181 Å². The summed E-state index contributed by atoms with van der Waals surface area (Å²) in [7, 11) is -5.74. The fourth-order valence-electron chi connectivity index (χ4n) is 18.5. The Morgan fingerprint density at radius 2 is 0.646 bits per heavy atom. The van der Waals surface area contributed by atoms with Gasteiger partial charge in [-0.15, -0.1) is 0 Å². The normalized spacial score (nSPS) is 18.7. The lowest BCUT2D eigenvalue weighted by atomic mass is 9.86. The first-order valence-electron chi connectivity index (χ1n) is 43.2. The topological polar surface area (TPSA) is 277 Å². The summed E-state index contributed by atoms with van der Waals surface area (Å²) in [5.74, 6) is 2.53. The molecule has 0 aliphatic carbocycles. The number of aromatic amines is 4. The van der Waals surface area contributed by atoms with Crippen molar-refractivity contribution in [2.75, 3.05) is 84.3 Å². The summed E-state index contributed by atoms with van der Waals surface area (Å²) in [5.41, 5.74) is 6.89. The Morgan fingerprint density at radius 1 is 0.378 bits per heavy atom. The summed E-state index contributed by atoms with van der Waals surface area (Å²) in [6.45, 7) is 20.2. The molecule has 8 aliphatic rings. The Balaban J connectivity index is 0.000000145. The van der Waals surface area contributed by atoms with E-state index in [-0.39, 0.29) is 83.5 Å². The Morgan fingerprint density at radius 3 is 0.929 bits per heavy atom. The molecule has 0 spiro atoms. The molecule has 0 bridgehead atoms. The van der Waals surface area contributed by atoms with E-state index in [0.29, 0.717) is 200 Å². The molecule has 24 nitrogen and oxygen atoms in total. The molecule has 4 N–H and O–H groups in total. The van der Waals surface area contributed by atoms with Crippen LogP contribution in [0.3, 0.4) is 0 Å². The fraction of sp³-hybridized carbons (Fsp3) is 0.528. The number of nitrogens with one attached hydrogen (secondary N) is 4. The van der Waals surface area contributed by atoms with Gasteiger partial charge in [0.1, 0.15) is 0 Å². The molecule has 688 valence electrons. The third-order valence-corrected chi connectivity index (χ3v) is 30.2. The third kappa shape index (κ3) is 21.2. The van der Waals surface area contributed by atoms with Crippen LogP contribution in [0.1, 0.15) is 255 Å². The van der Waals surface area contributed by atoms with Gasteiger partial charge in [0, 0.05) is 135 Å². The largest absolute Gasteiger partial charge is 0.416 e. The van der Waals surface area contributed by atoms with Crippen LogP contribution in [0.5, 0.6) is 0 Å². The molecular formula is C89H108F12N16O8S2. The standard InChI is InChI=1S/C23H27F3N4O2.C22H27F3N4O3S.C22H27F3N4O2S.C22H27F3N4O/c1-14(2)21(31)30-12-9-17-19(13-30)27-28-20(17)22(32)29-10-7-15(8-11-29)16-5-3-4-6-18(16)23(24,25)26;1-14(2)33(31,32)29-12-9-17-19(13-29)26-27-20(17)21(30)28-10-7-15(8-11-28)16-5-3-4-6-18(16)22(23,24)25;1-3-32(2,31)29-13-10-17-19(14-29)26-27-20(17)21(30)28-11-8-15(9-12-28)16-6-4-5-7-18(16)22(23,24)25;1-14(2)29-12-9-17-19(13-29)26-27-20(17)21(30)28-10-7-15(8-11-28)16-5-3-4-6-18(16)22(23,24)25/h3-6,14-15H,7-13H2,1-2H3,(H,27,28);3-6,14-15H,7-13H2,1-2H3,(H,26,27);4-7,15H,2-3,8-14H2,1H3,(H,26,27);3-6,14-15H,7-13H2,1-2H3,(H,26,27). The lowest BCUT2D eigenvalue weighted by molar-refractivity contribution is -0.139. The van der Waals surface area contributed by atoms with Crippen LogP contribution in [-0.4, -0.2) is 222 Å². The van der Waals surface area contributed by atoms with Crippen molar-refractivity contribution in [3.63, 3.8) is 0 Å². The first-order valence-corrected chi connectivity index (χ1v) is 46.6. The van der Waals surface area contributed by atoms with E-state index in [4.69, 9.17) is 0 Å². The van der Waals surface area contributed by atoms with E-state index >= 15 is 0 Å². The van der Waals surface area contributed by atoms with E-state index in [0.717, 1.165) is 83.1 Å². The summed E-state index contributed by atoms with van der Waals surface area (Å²) in [5, 5.41) is 28.1. The number of rotatable bonds is 14. The minimum atomic E-state index is -4.41. The zero-order valence-corrected chi connectivity index (χ0v) is 73.6. The molecule has 12 heterocycles. The SMILES string of the molecule is C=S(=O)(CC)N1CCc2c(C(=O)N3CCC(c4ccccc4C(F)(F)F)CC3)n[nH]c2C1.CC(C)C(=O)N1CCc2c(C(=O)N3CCC(c4ccccc4C(F)(F)F)CC3)n[nH]c2C1.CC(C)N1CCc2c(C(=O)N3CCC(c4ccccc4C(F)(F)F)CC3)n[nH]c2C1.CC(C)S(=O)(=O)N1CCc2c(C(=O)N3CCC(c4ccccc4C(F)(F)F)CC3)n[nH]c2C1. The number of piperidine rings is 4. The van der Waals surface area contributed by atoms with E-state index in [9.17, 15) is 89.3 Å². The number of H-pyrrole nitrogens is 4. The van der Waals surface area contributed by atoms with E-state index in [1.807, 2.05) is 25.1 Å². The molecule has 1 atom stereocenters. The van der Waals surface area contributed by atoms with E-state index < -0.39 is 71.9 Å². The third-order valence-electron chi connectivity index (χ3n) is 25.9. The molecule has 4 saturated heterocycles. The number of fused-ring (bicyclic) bond motifs is 4. The van der Waals surface area contributed by atoms with Crippen LogP contribution < -0.4 is 0 Å². The van der Waals surface area contributed by atoms with Crippen molar-refractivity contribution in [3.8, 4) is 0 Å². The van der Waals surface area contributed by atoms with E-state index in [1.165, 1.54) is 40.7 Å². The number of hydrogen-bond acceptors (Lipinski definition) is 13. The van der Waals surface area contributed by atoms with Crippen LogP contribution in [0.15, 0.2) is 97.1 Å². The second kappa shape index (κ2) is 38.8. The van der Waals surface area contributed by atoms with Crippen molar-refractivity contribution in [2.24, 2.45) is 5.92 Å².